The van der Waals surface area contributed by atoms with Crippen molar-refractivity contribution in [2.75, 3.05) is 5.73 Å². The van der Waals surface area contributed by atoms with E-state index in [1.807, 2.05) is 5.32 Å². The number of hydrogen-bond acceptors (Lipinski definition) is 6. The van der Waals surface area contributed by atoms with Gasteiger partial charge in [0.25, 0.3) is 23.1 Å². The van der Waals surface area contributed by atoms with Gasteiger partial charge in [0, 0.05) is 12.1 Å². The molecule has 13 heteroatoms. The van der Waals surface area contributed by atoms with E-state index in [4.69, 9.17) is 17.3 Å². The second-order valence-corrected chi connectivity index (χ2v) is 5.76. The van der Waals surface area contributed by atoms with Crippen LogP contribution in [-0.4, -0.2) is 21.3 Å². The van der Waals surface area contributed by atoms with Gasteiger partial charge in [-0.15, -0.1) is 0 Å². The van der Waals surface area contributed by atoms with Gasteiger partial charge in [0.2, 0.25) is 0 Å². The van der Waals surface area contributed by atoms with Gasteiger partial charge in [-0.1, -0.05) is 11.6 Å². The minimum absolute atomic E-state index is 0.186. The quantitative estimate of drug-likeness (QED) is 0.447. The highest BCUT2D eigenvalue weighted by atomic mass is 35.5. The van der Waals surface area contributed by atoms with Crippen molar-refractivity contribution in [3.8, 4) is 5.69 Å². The van der Waals surface area contributed by atoms with Crippen molar-refractivity contribution in [2.24, 2.45) is 0 Å². The third kappa shape index (κ3) is 2.79. The van der Waals surface area contributed by atoms with Gasteiger partial charge >= 0.3 is 6.18 Å². The summed E-state index contributed by atoms with van der Waals surface area (Å²) in [4.78, 5) is 45.9. The number of benzene rings is 1. The summed E-state index contributed by atoms with van der Waals surface area (Å²) < 4.78 is 39.2. The van der Waals surface area contributed by atoms with Gasteiger partial charge in [0.1, 0.15) is 11.5 Å². The topological polar surface area (TPSA) is 137 Å². The zero-order valence-electron chi connectivity index (χ0n) is 12.8. The maximum atomic E-state index is 12.9. The Balaban J connectivity index is 2.41. The fraction of sp³-hybridized carbons (Fsp3) is 0.0714. The van der Waals surface area contributed by atoms with Crippen LogP contribution in [0.25, 0.3) is 5.69 Å². The zero-order chi connectivity index (χ0) is 20.3. The number of anilines is 1. The number of nitrogens with one attached hydrogen (secondary N) is 1. The van der Waals surface area contributed by atoms with E-state index in [9.17, 15) is 37.7 Å². The Labute approximate surface area is 151 Å². The lowest BCUT2D eigenvalue weighted by molar-refractivity contribution is -0.384. The number of fused-ring (bicyclic) bond motifs is 1. The second kappa shape index (κ2) is 5.81. The zero-order valence-corrected chi connectivity index (χ0v) is 13.5. The molecule has 0 atom stereocenters. The standard InChI is InChI=1S/C14H6ClF3N4O5/c15-6-1-4(14(16,17)18)2-7(22(26)27)10(6)21-8(23)3-5-9(11(21)19)13(25)20-12(5)24/h1-3H,19H2,(H,20,24,25). The summed E-state index contributed by atoms with van der Waals surface area (Å²) >= 11 is 5.79. The molecule has 3 N–H and O–H groups in total. The van der Waals surface area contributed by atoms with Crippen molar-refractivity contribution >= 4 is 34.9 Å². The lowest BCUT2D eigenvalue weighted by Crippen LogP contribution is -2.25. The number of hydrogen-bond donors (Lipinski definition) is 2. The fourth-order valence-corrected chi connectivity index (χ4v) is 2.92. The number of nitrogens with two attached hydrogens (primary N) is 1. The SMILES string of the molecule is Nc1c2c(cc(=O)n1-c1c(Cl)cc(C(F)(F)F)cc1[N+](=O)[O-])C(=O)NC2=O. The molecule has 2 aromatic rings. The summed E-state index contributed by atoms with van der Waals surface area (Å²) in [7, 11) is 0. The van der Waals surface area contributed by atoms with Crippen molar-refractivity contribution in [3.05, 3.63) is 60.4 Å². The van der Waals surface area contributed by atoms with Gasteiger partial charge < -0.3 is 5.73 Å². The first-order valence-corrected chi connectivity index (χ1v) is 7.28. The summed E-state index contributed by atoms with van der Waals surface area (Å²) in [5.41, 5.74) is 0.505. The van der Waals surface area contributed by atoms with E-state index in [0.29, 0.717) is 16.7 Å². The highest BCUT2D eigenvalue weighted by molar-refractivity contribution is 6.33. The van der Waals surface area contributed by atoms with Gasteiger partial charge in [0.15, 0.2) is 0 Å². The third-order valence-corrected chi connectivity index (χ3v) is 4.03. The lowest BCUT2D eigenvalue weighted by Gasteiger charge is -2.15. The van der Waals surface area contributed by atoms with Crippen LogP contribution < -0.4 is 16.6 Å². The number of imide groups is 1. The molecule has 2 heterocycles. The maximum absolute atomic E-state index is 12.9. The molecule has 1 aliphatic heterocycles. The number of nitro benzene ring substituents is 1. The van der Waals surface area contributed by atoms with Gasteiger partial charge in [-0.25, -0.2) is 0 Å². The third-order valence-electron chi connectivity index (χ3n) is 3.74. The van der Waals surface area contributed by atoms with Crippen LogP contribution in [0, 0.1) is 10.1 Å². The number of nitrogen functional groups attached to an aromatic ring is 1. The van der Waals surface area contributed by atoms with Crippen LogP contribution in [-0.2, 0) is 6.18 Å². The first-order chi connectivity index (χ1) is 12.4. The van der Waals surface area contributed by atoms with Crippen molar-refractivity contribution in [3.63, 3.8) is 0 Å². The predicted octanol–water partition coefficient (Wildman–Crippen LogP) is 1.88. The van der Waals surface area contributed by atoms with E-state index >= 15 is 0 Å². The van der Waals surface area contributed by atoms with Crippen molar-refractivity contribution in [1.29, 1.82) is 0 Å². The summed E-state index contributed by atoms with van der Waals surface area (Å²) in [6.07, 6.45) is -4.94. The number of amides is 2. The number of alkyl halides is 3. The summed E-state index contributed by atoms with van der Waals surface area (Å²) in [5.74, 6) is -2.54. The minimum atomic E-state index is -4.94. The van der Waals surface area contributed by atoms with Crippen LogP contribution in [0.15, 0.2) is 23.0 Å². The average molecular weight is 403 g/mol. The predicted molar refractivity (Wildman–Crippen MR) is 84.9 cm³/mol. The molecule has 9 nitrogen and oxygen atoms in total. The fourth-order valence-electron chi connectivity index (χ4n) is 2.62. The highest BCUT2D eigenvalue weighted by Gasteiger charge is 2.37. The van der Waals surface area contributed by atoms with Crippen LogP contribution >= 0.6 is 11.6 Å². The highest BCUT2D eigenvalue weighted by Crippen LogP contribution is 2.39. The first-order valence-electron chi connectivity index (χ1n) is 6.90. The molecule has 0 aliphatic carbocycles. The largest absolute Gasteiger partial charge is 0.416 e. The Morgan fingerprint density at radius 2 is 1.78 bits per heavy atom. The molecule has 1 aliphatic rings. The Bertz CT molecular complexity index is 1110. The van der Waals surface area contributed by atoms with E-state index in [1.54, 1.807) is 0 Å². The van der Waals surface area contributed by atoms with Crippen molar-refractivity contribution < 1.29 is 27.7 Å². The molecule has 0 saturated heterocycles. The second-order valence-electron chi connectivity index (χ2n) is 5.36. The van der Waals surface area contributed by atoms with E-state index in [0.717, 1.165) is 0 Å². The van der Waals surface area contributed by atoms with E-state index in [2.05, 4.69) is 0 Å². The first kappa shape index (κ1) is 18.4. The molecule has 0 bridgehead atoms. The number of halogens is 4. The smallest absolute Gasteiger partial charge is 0.384 e. The number of aromatic nitrogens is 1. The molecule has 0 fully saturated rings. The van der Waals surface area contributed by atoms with Crippen molar-refractivity contribution in [1.82, 2.24) is 9.88 Å². The van der Waals surface area contributed by atoms with Crippen LogP contribution in [0.2, 0.25) is 5.02 Å². The average Bonchev–Trinajstić information content (AvgIpc) is 2.81. The minimum Gasteiger partial charge on any atom is -0.384 e. The van der Waals surface area contributed by atoms with Gasteiger partial charge in [-0.05, 0) is 6.07 Å². The molecule has 27 heavy (non-hydrogen) atoms. The molecule has 1 aromatic heterocycles. The molecule has 0 spiro atoms. The van der Waals surface area contributed by atoms with Gasteiger partial charge in [0.05, 0.1) is 26.6 Å². The molecule has 0 radical (unpaired) electrons. The maximum Gasteiger partial charge on any atom is 0.416 e. The Kier molecular flexibility index (Phi) is 3.95. The molecule has 0 saturated carbocycles. The number of pyridine rings is 1. The molecule has 140 valence electrons. The number of carbonyl (C=O) groups excluding carboxylic acids is 2. The number of nitrogens with zero attached hydrogens (tertiary/aromatic N) is 2. The molecule has 2 amide bonds. The molecule has 0 unspecified atom stereocenters. The van der Waals surface area contributed by atoms with Crippen LogP contribution in [0.3, 0.4) is 0 Å². The lowest BCUT2D eigenvalue weighted by atomic mass is 10.1. The molecule has 3 rings (SSSR count). The van der Waals surface area contributed by atoms with Crippen LogP contribution in [0.5, 0.6) is 0 Å². The monoisotopic (exact) mass is 402 g/mol. The van der Waals surface area contributed by atoms with Crippen molar-refractivity contribution in [2.45, 2.75) is 6.18 Å². The number of nitro groups is 1. The molecule has 1 aromatic carbocycles. The Hall–Kier alpha value is -3.41. The number of carbonyl (C=O) groups is 2. The van der Waals surface area contributed by atoms with Gasteiger partial charge in [-0.2, -0.15) is 13.2 Å². The summed E-state index contributed by atoms with van der Waals surface area (Å²) in [6, 6.07) is 1.25. The van der Waals surface area contributed by atoms with E-state index in [-0.39, 0.29) is 11.6 Å². The Morgan fingerprint density at radius 1 is 1.15 bits per heavy atom. The molecular formula is C14H6ClF3N4O5. The van der Waals surface area contributed by atoms with E-state index in [1.165, 1.54) is 0 Å². The number of rotatable bonds is 2. The normalized spacial score (nSPS) is 13.5. The molecular weight excluding hydrogens is 397 g/mol. The summed E-state index contributed by atoms with van der Waals surface area (Å²) in [6.45, 7) is 0. The van der Waals surface area contributed by atoms with Gasteiger partial charge in [-0.3, -0.25) is 34.4 Å². The Morgan fingerprint density at radius 3 is 2.33 bits per heavy atom. The van der Waals surface area contributed by atoms with E-state index < -0.39 is 61.8 Å². The van der Waals surface area contributed by atoms with Crippen LogP contribution in [0.1, 0.15) is 26.3 Å². The van der Waals surface area contributed by atoms with Crippen LogP contribution in [0.4, 0.5) is 24.7 Å². The summed E-state index contributed by atoms with van der Waals surface area (Å²) in [5, 5.41) is 12.4.